The molecule has 1 atom stereocenters. The molecule has 0 aliphatic carbocycles. The summed E-state index contributed by atoms with van der Waals surface area (Å²) in [5.74, 6) is 0.315. The van der Waals surface area contributed by atoms with Crippen LogP contribution in [0.4, 0.5) is 0 Å². The Bertz CT molecular complexity index is 678. The van der Waals surface area contributed by atoms with Crippen LogP contribution in [0.15, 0.2) is 30.3 Å². The molecule has 1 aliphatic rings. The van der Waals surface area contributed by atoms with Crippen molar-refractivity contribution < 1.29 is 9.90 Å². The van der Waals surface area contributed by atoms with Crippen LogP contribution in [-0.4, -0.2) is 73.7 Å². The number of rotatable bonds is 6. The highest BCUT2D eigenvalue weighted by atomic mass is 16.3. The predicted molar refractivity (Wildman–Crippen MR) is 91.4 cm³/mol. The Morgan fingerprint density at radius 3 is 2.92 bits per heavy atom. The molecule has 2 N–H and O–H groups in total. The number of carbonyl (C=O) groups excluding carboxylic acids is 1. The monoisotopic (exact) mass is 344 g/mol. The van der Waals surface area contributed by atoms with Gasteiger partial charge in [0.25, 0.3) is 5.91 Å². The minimum Gasteiger partial charge on any atom is -0.379 e. The second kappa shape index (κ2) is 7.71. The van der Waals surface area contributed by atoms with Crippen LogP contribution in [0.5, 0.6) is 0 Å². The largest absolute Gasteiger partial charge is 0.379 e. The molecule has 2 aromatic rings. The average molecular weight is 344 g/mol. The SMILES string of the molecule is CN(CCc1nn[nH]n1)C(=O)C1(O)CCCN(Cc2ccccc2)C1. The van der Waals surface area contributed by atoms with Crippen molar-refractivity contribution in [3.05, 3.63) is 41.7 Å². The second-order valence-corrected chi connectivity index (χ2v) is 6.64. The van der Waals surface area contributed by atoms with Crippen LogP contribution in [0.3, 0.4) is 0 Å². The van der Waals surface area contributed by atoms with Crippen LogP contribution in [0.25, 0.3) is 0 Å². The molecule has 1 aromatic heterocycles. The van der Waals surface area contributed by atoms with Gasteiger partial charge in [0.05, 0.1) is 0 Å². The maximum absolute atomic E-state index is 12.8. The lowest BCUT2D eigenvalue weighted by Crippen LogP contribution is -2.57. The average Bonchev–Trinajstić information content (AvgIpc) is 3.13. The van der Waals surface area contributed by atoms with Crippen LogP contribution in [0, 0.1) is 0 Å². The molecule has 2 heterocycles. The Hall–Kier alpha value is -2.32. The fourth-order valence-corrected chi connectivity index (χ4v) is 3.29. The van der Waals surface area contributed by atoms with E-state index in [1.165, 1.54) is 5.56 Å². The number of aromatic nitrogens is 4. The Kier molecular flexibility index (Phi) is 5.40. The van der Waals surface area contributed by atoms with E-state index in [1.807, 2.05) is 18.2 Å². The zero-order valence-electron chi connectivity index (χ0n) is 14.4. The molecule has 1 saturated heterocycles. The summed E-state index contributed by atoms with van der Waals surface area (Å²) in [4.78, 5) is 16.5. The quantitative estimate of drug-likeness (QED) is 0.778. The lowest BCUT2D eigenvalue weighted by molar-refractivity contribution is -0.156. The fraction of sp³-hybridized carbons (Fsp3) is 0.529. The van der Waals surface area contributed by atoms with Gasteiger partial charge in [-0.25, -0.2) is 0 Å². The highest BCUT2D eigenvalue weighted by Crippen LogP contribution is 2.24. The first-order chi connectivity index (χ1) is 12.1. The molecule has 1 aliphatic heterocycles. The molecule has 0 radical (unpaired) electrons. The predicted octanol–water partition coefficient (Wildman–Crippen LogP) is 0.228. The fourth-order valence-electron chi connectivity index (χ4n) is 3.29. The third-order valence-electron chi connectivity index (χ3n) is 4.60. The lowest BCUT2D eigenvalue weighted by Gasteiger charge is -2.40. The number of likely N-dealkylation sites (tertiary alicyclic amines) is 1. The van der Waals surface area contributed by atoms with Crippen molar-refractivity contribution in [2.24, 2.45) is 0 Å². The summed E-state index contributed by atoms with van der Waals surface area (Å²) in [5.41, 5.74) is -0.149. The summed E-state index contributed by atoms with van der Waals surface area (Å²) in [5, 5.41) is 24.6. The maximum atomic E-state index is 12.8. The Morgan fingerprint density at radius 1 is 1.40 bits per heavy atom. The van der Waals surface area contributed by atoms with Crippen LogP contribution < -0.4 is 0 Å². The first kappa shape index (κ1) is 17.5. The van der Waals surface area contributed by atoms with E-state index in [2.05, 4.69) is 37.7 Å². The number of benzene rings is 1. The van der Waals surface area contributed by atoms with Crippen molar-refractivity contribution in [2.45, 2.75) is 31.4 Å². The number of carbonyl (C=O) groups is 1. The molecule has 3 rings (SSSR count). The number of aliphatic hydroxyl groups is 1. The van der Waals surface area contributed by atoms with Gasteiger partial charge in [0.15, 0.2) is 11.4 Å². The van der Waals surface area contributed by atoms with E-state index in [1.54, 1.807) is 11.9 Å². The zero-order valence-corrected chi connectivity index (χ0v) is 14.4. The van der Waals surface area contributed by atoms with E-state index in [0.29, 0.717) is 31.8 Å². The van der Waals surface area contributed by atoms with Crippen LogP contribution >= 0.6 is 0 Å². The maximum Gasteiger partial charge on any atom is 0.255 e. The van der Waals surface area contributed by atoms with Gasteiger partial charge in [0.2, 0.25) is 0 Å². The van der Waals surface area contributed by atoms with Crippen molar-refractivity contribution in [1.29, 1.82) is 0 Å². The van der Waals surface area contributed by atoms with Gasteiger partial charge in [0.1, 0.15) is 0 Å². The minimum absolute atomic E-state index is 0.242. The number of amides is 1. The number of hydrogen-bond donors (Lipinski definition) is 2. The molecule has 1 amide bonds. The number of piperidine rings is 1. The molecule has 0 saturated carbocycles. The third kappa shape index (κ3) is 4.40. The number of nitrogens with zero attached hydrogens (tertiary/aromatic N) is 5. The molecule has 1 fully saturated rings. The second-order valence-electron chi connectivity index (χ2n) is 6.64. The number of β-amino-alcohol motifs (C(OH)–C–C–N with tert-alkyl or cyclic N) is 1. The highest BCUT2D eigenvalue weighted by molar-refractivity contribution is 5.85. The van der Waals surface area contributed by atoms with E-state index in [4.69, 9.17) is 0 Å². The van der Waals surface area contributed by atoms with E-state index in [-0.39, 0.29) is 5.91 Å². The van der Waals surface area contributed by atoms with Gasteiger partial charge in [-0.15, -0.1) is 10.2 Å². The molecular formula is C17H24N6O2. The van der Waals surface area contributed by atoms with E-state index >= 15 is 0 Å². The molecule has 8 nitrogen and oxygen atoms in total. The third-order valence-corrected chi connectivity index (χ3v) is 4.60. The standard InChI is InChI=1S/C17H24N6O2/c1-22(11-8-15-18-20-21-19-15)16(24)17(25)9-5-10-23(13-17)12-14-6-3-2-4-7-14/h2-4,6-7,25H,5,8-13H2,1H3,(H,18,19,20,21). The molecule has 8 heteroatoms. The van der Waals surface area contributed by atoms with Crippen molar-refractivity contribution in [3.63, 3.8) is 0 Å². The summed E-state index contributed by atoms with van der Waals surface area (Å²) in [6, 6.07) is 10.1. The van der Waals surface area contributed by atoms with Gasteiger partial charge in [-0.05, 0) is 24.9 Å². The molecule has 134 valence electrons. The molecule has 0 bridgehead atoms. The molecule has 25 heavy (non-hydrogen) atoms. The van der Waals surface area contributed by atoms with Gasteiger partial charge >= 0.3 is 0 Å². The summed E-state index contributed by atoms with van der Waals surface area (Å²) >= 11 is 0. The van der Waals surface area contributed by atoms with Gasteiger partial charge in [-0.2, -0.15) is 5.21 Å². The lowest BCUT2D eigenvalue weighted by atomic mass is 9.91. The molecular weight excluding hydrogens is 320 g/mol. The first-order valence-corrected chi connectivity index (χ1v) is 8.53. The number of nitrogens with one attached hydrogen (secondary N) is 1. The zero-order chi connectivity index (χ0) is 17.7. The summed E-state index contributed by atoms with van der Waals surface area (Å²) < 4.78 is 0. The minimum atomic E-state index is -1.33. The van der Waals surface area contributed by atoms with Gasteiger partial charge in [-0.1, -0.05) is 35.5 Å². The van der Waals surface area contributed by atoms with Crippen LogP contribution in [0.2, 0.25) is 0 Å². The summed E-state index contributed by atoms with van der Waals surface area (Å²) in [6.45, 7) is 2.42. The van der Waals surface area contributed by atoms with Crippen molar-refractivity contribution in [1.82, 2.24) is 30.4 Å². The number of tetrazole rings is 1. The molecule has 1 aromatic carbocycles. The number of H-pyrrole nitrogens is 1. The Morgan fingerprint density at radius 2 is 2.20 bits per heavy atom. The smallest absolute Gasteiger partial charge is 0.255 e. The van der Waals surface area contributed by atoms with E-state index < -0.39 is 5.60 Å². The molecule has 0 spiro atoms. The van der Waals surface area contributed by atoms with Crippen LogP contribution in [0.1, 0.15) is 24.2 Å². The normalized spacial score (nSPS) is 21.2. The van der Waals surface area contributed by atoms with E-state index in [9.17, 15) is 9.90 Å². The van der Waals surface area contributed by atoms with Crippen molar-refractivity contribution in [2.75, 3.05) is 26.7 Å². The highest BCUT2D eigenvalue weighted by Gasteiger charge is 2.41. The van der Waals surface area contributed by atoms with Crippen molar-refractivity contribution >= 4 is 5.91 Å². The Labute approximate surface area is 146 Å². The molecule has 1 unspecified atom stereocenters. The van der Waals surface area contributed by atoms with E-state index in [0.717, 1.165) is 19.5 Å². The number of aromatic amines is 1. The van der Waals surface area contributed by atoms with Crippen LogP contribution in [-0.2, 0) is 17.8 Å². The number of hydrogen-bond acceptors (Lipinski definition) is 6. The first-order valence-electron chi connectivity index (χ1n) is 8.53. The number of likely N-dealkylation sites (N-methyl/N-ethyl adjacent to an activating group) is 1. The Balaban J connectivity index is 1.58. The van der Waals surface area contributed by atoms with Gasteiger partial charge < -0.3 is 10.0 Å². The van der Waals surface area contributed by atoms with Crippen molar-refractivity contribution in [3.8, 4) is 0 Å². The topological polar surface area (TPSA) is 98.2 Å². The summed E-state index contributed by atoms with van der Waals surface area (Å²) in [7, 11) is 1.70. The summed E-state index contributed by atoms with van der Waals surface area (Å²) in [6.07, 6.45) is 1.79. The van der Waals surface area contributed by atoms with Gasteiger partial charge in [-0.3, -0.25) is 9.69 Å². The van der Waals surface area contributed by atoms with Gasteiger partial charge in [0, 0.05) is 33.1 Å².